The summed E-state index contributed by atoms with van der Waals surface area (Å²) >= 11 is 31.8. The minimum absolute atomic E-state index is 0.398. The fraction of sp³-hybridized carbons (Fsp3) is 0.667. The van der Waals surface area contributed by atoms with Crippen molar-refractivity contribution >= 4 is 69.6 Å². The van der Waals surface area contributed by atoms with E-state index >= 15 is 0 Å². The highest BCUT2D eigenvalue weighted by Crippen LogP contribution is 2.09. The third-order valence-electron chi connectivity index (χ3n) is 1.30. The Bertz CT molecular complexity index is 209. The Morgan fingerprint density at radius 2 is 1.44 bits per heavy atom. The molecule has 0 amide bonds. The average molecular weight is 377 g/mol. The predicted molar refractivity (Wildman–Crippen MR) is 91.2 cm³/mol. The molecule has 0 fully saturated rings. The second-order valence-corrected chi connectivity index (χ2v) is 5.85. The highest BCUT2D eigenvalue weighted by Gasteiger charge is 1.93. The zero-order valence-electron chi connectivity index (χ0n) is 10.8. The van der Waals surface area contributed by atoms with Gasteiger partial charge in [-0.05, 0) is 30.9 Å². The first kappa shape index (κ1) is 24.3. The summed E-state index contributed by atoms with van der Waals surface area (Å²) in [6, 6.07) is 0. The van der Waals surface area contributed by atoms with Crippen LogP contribution < -0.4 is 0 Å². The van der Waals surface area contributed by atoms with Crippen LogP contribution in [0.5, 0.6) is 0 Å². The summed E-state index contributed by atoms with van der Waals surface area (Å²) in [5, 5.41) is 0. The molecule has 0 aromatic heterocycles. The molecule has 18 heavy (non-hydrogen) atoms. The largest absolute Gasteiger partial charge is 0.128 e. The Morgan fingerprint density at radius 3 is 1.44 bits per heavy atom. The molecular weight excluding hydrogens is 357 g/mol. The molecule has 110 valence electrons. The van der Waals surface area contributed by atoms with Crippen molar-refractivity contribution < 1.29 is 0 Å². The number of hydrogen-bond acceptors (Lipinski definition) is 0. The molecule has 0 heterocycles. The van der Waals surface area contributed by atoms with Crippen LogP contribution in [0.25, 0.3) is 0 Å². The fourth-order valence-corrected chi connectivity index (χ4v) is 0.634. The van der Waals surface area contributed by atoms with Gasteiger partial charge in [-0.15, -0.1) is 58.0 Å². The molecular formula is C12H20Cl6. The molecule has 0 saturated carbocycles. The molecule has 0 aliphatic rings. The number of halogens is 6. The van der Waals surface area contributed by atoms with Gasteiger partial charge in [0.2, 0.25) is 0 Å². The highest BCUT2D eigenvalue weighted by molar-refractivity contribution is 6.46. The van der Waals surface area contributed by atoms with Gasteiger partial charge in [0.25, 0.3) is 0 Å². The summed E-state index contributed by atoms with van der Waals surface area (Å²) in [7, 11) is 0. The number of alkyl halides is 5. The van der Waals surface area contributed by atoms with Crippen LogP contribution in [-0.4, -0.2) is 22.5 Å². The van der Waals surface area contributed by atoms with Crippen molar-refractivity contribution in [2.45, 2.75) is 25.6 Å². The first-order chi connectivity index (χ1) is 8.26. The van der Waals surface area contributed by atoms with E-state index in [2.05, 4.69) is 6.58 Å². The van der Waals surface area contributed by atoms with E-state index in [0.29, 0.717) is 23.6 Å². The van der Waals surface area contributed by atoms with Gasteiger partial charge in [-0.25, -0.2) is 0 Å². The smallest absolute Gasteiger partial charge is 0.126 e. The number of rotatable bonds is 4. The van der Waals surface area contributed by atoms with Crippen molar-refractivity contribution in [1.82, 2.24) is 0 Å². The number of hydrogen-bond donors (Lipinski definition) is 0. The molecule has 0 aliphatic carbocycles. The zero-order valence-corrected chi connectivity index (χ0v) is 15.4. The summed E-state index contributed by atoms with van der Waals surface area (Å²) < 4.78 is 0. The molecule has 0 spiro atoms. The van der Waals surface area contributed by atoms with E-state index in [4.69, 9.17) is 69.6 Å². The minimum Gasteiger partial charge on any atom is -0.126 e. The molecule has 6 heteroatoms. The predicted octanol–water partition coefficient (Wildman–Crippen LogP) is 6.83. The van der Waals surface area contributed by atoms with Crippen LogP contribution in [0.4, 0.5) is 0 Å². The topological polar surface area (TPSA) is 0 Å². The van der Waals surface area contributed by atoms with Gasteiger partial charge in [0.15, 0.2) is 0 Å². The minimum atomic E-state index is -0.398. The summed E-state index contributed by atoms with van der Waals surface area (Å²) in [5.74, 6) is 2.34. The lowest BCUT2D eigenvalue weighted by Crippen LogP contribution is -1.94. The van der Waals surface area contributed by atoms with Gasteiger partial charge in [-0.2, -0.15) is 0 Å². The van der Waals surface area contributed by atoms with Gasteiger partial charge in [-0.1, -0.05) is 25.1 Å². The van der Waals surface area contributed by atoms with Crippen molar-refractivity contribution in [3.05, 3.63) is 23.3 Å². The lowest BCUT2D eigenvalue weighted by atomic mass is 10.3. The van der Waals surface area contributed by atoms with E-state index < -0.39 is 4.84 Å². The summed E-state index contributed by atoms with van der Waals surface area (Å²) in [6.07, 6.45) is 0. The fourth-order valence-electron chi connectivity index (χ4n) is 0.0704. The maximum absolute atomic E-state index is 5.37. The van der Waals surface area contributed by atoms with Crippen LogP contribution in [0.15, 0.2) is 23.3 Å². The van der Waals surface area contributed by atoms with Crippen LogP contribution in [0.1, 0.15) is 20.8 Å². The van der Waals surface area contributed by atoms with Gasteiger partial charge in [-0.3, -0.25) is 0 Å². The van der Waals surface area contributed by atoms with E-state index in [1.807, 2.05) is 13.8 Å². The zero-order chi connectivity index (χ0) is 15.1. The molecule has 0 radical (unpaired) electrons. The molecule has 0 aromatic carbocycles. The van der Waals surface area contributed by atoms with Gasteiger partial charge in [0, 0.05) is 23.2 Å². The normalized spacial score (nSPS) is 10.5. The van der Waals surface area contributed by atoms with Crippen molar-refractivity contribution in [3.63, 3.8) is 0 Å². The van der Waals surface area contributed by atoms with Crippen LogP contribution >= 0.6 is 69.6 Å². The van der Waals surface area contributed by atoms with Gasteiger partial charge < -0.3 is 0 Å². The lowest BCUT2D eigenvalue weighted by Gasteiger charge is -1.95. The SMILES string of the molecule is C/C(=C\Cl)CCl.C=C(C)C(Cl)Cl.CC(CCl)CCl. The molecule has 0 nitrogen and oxygen atoms in total. The summed E-state index contributed by atoms with van der Waals surface area (Å²) in [6.45, 7) is 9.16. The molecule has 0 saturated heterocycles. The van der Waals surface area contributed by atoms with Gasteiger partial charge in [0.05, 0.1) is 0 Å². The van der Waals surface area contributed by atoms with E-state index in [1.54, 1.807) is 6.92 Å². The summed E-state index contributed by atoms with van der Waals surface area (Å²) in [4.78, 5) is -0.398. The Labute approximate surface area is 141 Å². The van der Waals surface area contributed by atoms with E-state index in [-0.39, 0.29) is 0 Å². The molecule has 0 rings (SSSR count). The molecule has 0 unspecified atom stereocenters. The average Bonchev–Trinajstić information content (AvgIpc) is 2.37. The van der Waals surface area contributed by atoms with Crippen molar-refractivity contribution in [3.8, 4) is 0 Å². The standard InChI is InChI=1S/C4H8Cl2.2C4H6Cl2/c2*1-4(2-5)3-6;1-3(2)4(5)6/h4H,2-3H2,1H3;2H,3H2,1H3;4H,1H2,2H3/b;4-2+;. The van der Waals surface area contributed by atoms with Crippen molar-refractivity contribution in [2.75, 3.05) is 17.6 Å². The van der Waals surface area contributed by atoms with Gasteiger partial charge in [0.1, 0.15) is 4.84 Å². The molecule has 0 N–H and O–H groups in total. The van der Waals surface area contributed by atoms with Crippen LogP contribution in [-0.2, 0) is 0 Å². The molecule has 0 aliphatic heterocycles. The maximum atomic E-state index is 5.37. The highest BCUT2D eigenvalue weighted by atomic mass is 35.5. The Balaban J connectivity index is -0.000000187. The Kier molecular flexibility index (Phi) is 24.5. The maximum Gasteiger partial charge on any atom is 0.128 e. The van der Waals surface area contributed by atoms with Crippen molar-refractivity contribution in [2.24, 2.45) is 5.92 Å². The molecule has 0 atom stereocenters. The number of allylic oxidation sites excluding steroid dienone is 2. The lowest BCUT2D eigenvalue weighted by molar-refractivity contribution is 0.754. The quantitative estimate of drug-likeness (QED) is 0.372. The second-order valence-electron chi connectivity index (χ2n) is 3.65. The van der Waals surface area contributed by atoms with E-state index in [9.17, 15) is 0 Å². The van der Waals surface area contributed by atoms with Crippen LogP contribution in [0.3, 0.4) is 0 Å². The summed E-state index contributed by atoms with van der Waals surface area (Å²) in [5.41, 5.74) is 3.27. The first-order valence-electron chi connectivity index (χ1n) is 5.13. The van der Waals surface area contributed by atoms with Crippen LogP contribution in [0.2, 0.25) is 0 Å². The van der Waals surface area contributed by atoms with E-state index in [0.717, 1.165) is 11.1 Å². The third-order valence-corrected chi connectivity index (χ3v) is 3.89. The van der Waals surface area contributed by atoms with E-state index in [1.165, 1.54) is 5.54 Å². The first-order valence-corrected chi connectivity index (χ1v) is 8.05. The Morgan fingerprint density at radius 1 is 1.11 bits per heavy atom. The Hall–Kier alpha value is 1.22. The van der Waals surface area contributed by atoms with Gasteiger partial charge >= 0.3 is 0 Å². The van der Waals surface area contributed by atoms with Crippen LogP contribution in [0, 0.1) is 5.92 Å². The second kappa shape index (κ2) is 18.2. The van der Waals surface area contributed by atoms with Crippen molar-refractivity contribution in [1.29, 1.82) is 0 Å². The monoisotopic (exact) mass is 374 g/mol. The third kappa shape index (κ3) is 25.9. The molecule has 0 bridgehead atoms. The molecule has 0 aromatic rings.